The second-order valence-electron chi connectivity index (χ2n) is 5.14. The first-order valence-corrected chi connectivity index (χ1v) is 8.12. The normalized spacial score (nSPS) is 13.9. The van der Waals surface area contributed by atoms with Gasteiger partial charge in [-0.2, -0.15) is 23.0 Å². The molecule has 9 heteroatoms. The minimum atomic E-state index is -4.67. The highest BCUT2D eigenvalue weighted by Gasteiger charge is 2.54. The molecule has 0 unspecified atom stereocenters. The molecule has 1 rings (SSSR count). The third-order valence-corrected chi connectivity index (χ3v) is 4.99. The fraction of sp³-hybridized carbons (Fsp3) is 0.750. The lowest BCUT2D eigenvalue weighted by Gasteiger charge is -2.34. The monoisotopic (exact) mass is 327 g/mol. The summed E-state index contributed by atoms with van der Waals surface area (Å²) >= 11 is 0. The zero-order chi connectivity index (χ0) is 16.5. The van der Waals surface area contributed by atoms with E-state index in [2.05, 4.69) is 5.10 Å². The van der Waals surface area contributed by atoms with Crippen molar-refractivity contribution in [3.8, 4) is 0 Å². The Morgan fingerprint density at radius 2 is 1.81 bits per heavy atom. The summed E-state index contributed by atoms with van der Waals surface area (Å²) in [6.45, 7) is 6.18. The fourth-order valence-corrected chi connectivity index (χ4v) is 3.38. The second kappa shape index (κ2) is 5.96. The van der Waals surface area contributed by atoms with Crippen molar-refractivity contribution >= 4 is 10.0 Å². The van der Waals surface area contributed by atoms with Crippen LogP contribution in [0.5, 0.6) is 0 Å². The Balaban J connectivity index is 3.18. The van der Waals surface area contributed by atoms with Crippen molar-refractivity contribution in [1.29, 1.82) is 0 Å². The number of halogens is 3. The van der Waals surface area contributed by atoms with Crippen LogP contribution in [0.3, 0.4) is 0 Å². The molecule has 1 aromatic heterocycles. The molecule has 0 aliphatic carbocycles. The van der Waals surface area contributed by atoms with Crippen LogP contribution in [0, 0.1) is 0 Å². The van der Waals surface area contributed by atoms with Gasteiger partial charge in [-0.05, 0) is 26.7 Å². The van der Waals surface area contributed by atoms with Crippen LogP contribution >= 0.6 is 0 Å². The van der Waals surface area contributed by atoms with Gasteiger partial charge in [0.15, 0.2) is 0 Å². The van der Waals surface area contributed by atoms with E-state index < -0.39 is 21.7 Å². The molecule has 0 aromatic carbocycles. The summed E-state index contributed by atoms with van der Waals surface area (Å²) in [5.74, 6) is 0. The van der Waals surface area contributed by atoms with E-state index in [4.69, 9.17) is 0 Å². The summed E-state index contributed by atoms with van der Waals surface area (Å²) in [4.78, 5) is -0.272. The highest BCUT2D eigenvalue weighted by atomic mass is 32.2. The summed E-state index contributed by atoms with van der Waals surface area (Å²) in [5.41, 5.74) is -2.47. The van der Waals surface area contributed by atoms with Crippen LogP contribution in [0.2, 0.25) is 0 Å². The first kappa shape index (κ1) is 18.0. The Morgan fingerprint density at radius 1 is 1.29 bits per heavy atom. The van der Waals surface area contributed by atoms with Gasteiger partial charge >= 0.3 is 6.18 Å². The van der Waals surface area contributed by atoms with E-state index in [1.54, 1.807) is 13.8 Å². The van der Waals surface area contributed by atoms with Gasteiger partial charge in [-0.15, -0.1) is 0 Å². The maximum absolute atomic E-state index is 13.2. The van der Waals surface area contributed by atoms with Gasteiger partial charge in [0.1, 0.15) is 10.4 Å². The lowest BCUT2D eigenvalue weighted by Crippen LogP contribution is -2.57. The van der Waals surface area contributed by atoms with Gasteiger partial charge in [-0.25, -0.2) is 8.42 Å². The van der Waals surface area contributed by atoms with Crippen LogP contribution < -0.4 is 4.72 Å². The van der Waals surface area contributed by atoms with Crippen LogP contribution in [-0.4, -0.2) is 29.9 Å². The molecule has 0 spiro atoms. The minimum Gasteiger partial charge on any atom is -0.269 e. The molecule has 0 saturated heterocycles. The van der Waals surface area contributed by atoms with Crippen LogP contribution in [0.15, 0.2) is 17.3 Å². The molecule has 0 atom stereocenters. The Labute approximate surface area is 122 Å². The largest absolute Gasteiger partial charge is 0.407 e. The third kappa shape index (κ3) is 3.57. The molecule has 122 valence electrons. The van der Waals surface area contributed by atoms with Gasteiger partial charge in [0.25, 0.3) is 0 Å². The van der Waals surface area contributed by atoms with E-state index in [1.165, 1.54) is 24.7 Å². The van der Waals surface area contributed by atoms with E-state index in [0.29, 0.717) is 0 Å². The summed E-state index contributed by atoms with van der Waals surface area (Å²) in [6.07, 6.45) is -3.17. The van der Waals surface area contributed by atoms with Crippen molar-refractivity contribution in [3.05, 3.63) is 12.4 Å². The maximum Gasteiger partial charge on any atom is 0.407 e. The van der Waals surface area contributed by atoms with Crippen molar-refractivity contribution < 1.29 is 21.6 Å². The summed E-state index contributed by atoms with van der Waals surface area (Å²) in [5, 5.41) is 3.84. The number of alkyl halides is 3. The highest BCUT2D eigenvalue weighted by molar-refractivity contribution is 7.89. The first-order chi connectivity index (χ1) is 9.49. The minimum absolute atomic E-state index is 0.0846. The molecule has 0 saturated carbocycles. The van der Waals surface area contributed by atoms with E-state index in [1.807, 2.05) is 4.72 Å². The average molecular weight is 327 g/mol. The van der Waals surface area contributed by atoms with Gasteiger partial charge in [0.05, 0.1) is 6.20 Å². The van der Waals surface area contributed by atoms with Crippen molar-refractivity contribution in [2.24, 2.45) is 0 Å². The number of nitrogens with zero attached hydrogens (tertiary/aromatic N) is 2. The molecule has 5 nitrogen and oxygen atoms in total. The Morgan fingerprint density at radius 3 is 2.14 bits per heavy atom. The topological polar surface area (TPSA) is 64.0 Å². The zero-order valence-corrected chi connectivity index (χ0v) is 13.2. The smallest absolute Gasteiger partial charge is 0.269 e. The van der Waals surface area contributed by atoms with Crippen LogP contribution in [0.25, 0.3) is 0 Å². The molecule has 1 heterocycles. The van der Waals surface area contributed by atoms with Gasteiger partial charge < -0.3 is 0 Å². The fourth-order valence-electron chi connectivity index (χ4n) is 1.91. The second-order valence-corrected chi connectivity index (χ2v) is 6.82. The zero-order valence-electron chi connectivity index (χ0n) is 12.4. The highest BCUT2D eigenvalue weighted by Crippen LogP contribution is 2.37. The number of nitrogens with one attached hydrogen (secondary N) is 1. The van der Waals surface area contributed by atoms with Crippen LogP contribution in [-0.2, 0) is 10.0 Å². The Hall–Kier alpha value is -1.09. The predicted octanol–water partition coefficient (Wildman–Crippen LogP) is 2.86. The molecule has 0 bridgehead atoms. The average Bonchev–Trinajstić information content (AvgIpc) is 2.85. The van der Waals surface area contributed by atoms with Crippen molar-refractivity contribution in [2.45, 2.75) is 63.2 Å². The molecule has 0 radical (unpaired) electrons. The Bertz CT molecular complexity index is 575. The quantitative estimate of drug-likeness (QED) is 0.874. The molecule has 0 fully saturated rings. The van der Waals surface area contributed by atoms with Crippen LogP contribution in [0.1, 0.15) is 46.6 Å². The van der Waals surface area contributed by atoms with Gasteiger partial charge in [0, 0.05) is 12.2 Å². The number of rotatable bonds is 6. The lowest BCUT2D eigenvalue weighted by atomic mass is 9.94. The van der Waals surface area contributed by atoms with Gasteiger partial charge in [-0.3, -0.25) is 4.68 Å². The number of sulfonamides is 1. The first-order valence-electron chi connectivity index (χ1n) is 6.64. The third-order valence-electron chi connectivity index (χ3n) is 3.50. The number of hydrogen-bond acceptors (Lipinski definition) is 3. The Kier molecular flexibility index (Phi) is 5.09. The standard InChI is InChI=1S/C12H20F3N3O2S/c1-5-11(6-2,12(13,14)15)17-21(19,20)10-7-16-18(8-10)9(3)4/h7-9,17H,5-6H2,1-4H3. The van der Waals surface area contributed by atoms with Crippen molar-refractivity contribution in [3.63, 3.8) is 0 Å². The number of aromatic nitrogens is 2. The molecule has 0 aliphatic rings. The van der Waals surface area contributed by atoms with Gasteiger partial charge in [0.2, 0.25) is 10.0 Å². The van der Waals surface area contributed by atoms with E-state index in [9.17, 15) is 21.6 Å². The molecule has 0 amide bonds. The predicted molar refractivity (Wildman–Crippen MR) is 72.3 cm³/mol. The summed E-state index contributed by atoms with van der Waals surface area (Å²) < 4.78 is 67.2. The van der Waals surface area contributed by atoms with E-state index in [0.717, 1.165) is 6.20 Å². The molecule has 1 N–H and O–H groups in total. The van der Waals surface area contributed by atoms with E-state index in [-0.39, 0.29) is 23.8 Å². The van der Waals surface area contributed by atoms with Crippen molar-refractivity contribution in [1.82, 2.24) is 14.5 Å². The maximum atomic E-state index is 13.2. The van der Waals surface area contributed by atoms with E-state index >= 15 is 0 Å². The van der Waals surface area contributed by atoms with Crippen molar-refractivity contribution in [2.75, 3.05) is 0 Å². The van der Waals surface area contributed by atoms with Crippen LogP contribution in [0.4, 0.5) is 13.2 Å². The molecule has 0 aliphatic heterocycles. The number of hydrogen-bond donors (Lipinski definition) is 1. The molecular formula is C12H20F3N3O2S. The van der Waals surface area contributed by atoms with Gasteiger partial charge in [-0.1, -0.05) is 13.8 Å². The molecule has 1 aromatic rings. The molecule has 21 heavy (non-hydrogen) atoms. The lowest BCUT2D eigenvalue weighted by molar-refractivity contribution is -0.192. The summed E-state index contributed by atoms with van der Waals surface area (Å²) in [6, 6.07) is -0.0846. The SMILES string of the molecule is CCC(CC)(NS(=O)(=O)c1cnn(C(C)C)c1)C(F)(F)F. The molecular weight excluding hydrogens is 307 g/mol. The summed E-state index contributed by atoms with van der Waals surface area (Å²) in [7, 11) is -4.29.